The Labute approximate surface area is 167 Å². The number of hydrogen-bond donors (Lipinski definition) is 2. The second-order valence-corrected chi connectivity index (χ2v) is 8.13. The van der Waals surface area contributed by atoms with Crippen LogP contribution in [-0.4, -0.2) is 67.3 Å². The monoisotopic (exact) mass is 388 g/mol. The number of carbonyl (C=O) groups excluding carboxylic acids is 2. The summed E-state index contributed by atoms with van der Waals surface area (Å²) in [5.74, 6) is -0.103. The van der Waals surface area contributed by atoms with Gasteiger partial charge in [-0.15, -0.1) is 0 Å². The van der Waals surface area contributed by atoms with Gasteiger partial charge in [-0.2, -0.15) is 0 Å². The van der Waals surface area contributed by atoms with Crippen LogP contribution >= 0.6 is 0 Å². The maximum Gasteiger partial charge on any atom is 0.317 e. The Kier molecular flexibility index (Phi) is 6.91. The van der Waals surface area contributed by atoms with Crippen molar-refractivity contribution in [1.29, 1.82) is 0 Å². The van der Waals surface area contributed by atoms with Crippen LogP contribution < -0.4 is 10.7 Å². The molecular formula is C21H32N4O3. The van der Waals surface area contributed by atoms with E-state index in [0.717, 1.165) is 6.42 Å². The summed E-state index contributed by atoms with van der Waals surface area (Å²) in [6.45, 7) is 9.66. The van der Waals surface area contributed by atoms with Crippen molar-refractivity contribution in [2.75, 3.05) is 39.4 Å². The summed E-state index contributed by atoms with van der Waals surface area (Å²) in [6, 6.07) is 8.33. The molecule has 0 saturated carbocycles. The first kappa shape index (κ1) is 20.6. The summed E-state index contributed by atoms with van der Waals surface area (Å²) in [6.07, 6.45) is 0.741. The van der Waals surface area contributed by atoms with E-state index >= 15 is 0 Å². The number of benzene rings is 1. The smallest absolute Gasteiger partial charge is 0.317 e. The maximum atomic E-state index is 12.9. The summed E-state index contributed by atoms with van der Waals surface area (Å²) in [4.78, 5) is 27.4. The molecule has 7 heteroatoms. The zero-order valence-electron chi connectivity index (χ0n) is 17.1. The van der Waals surface area contributed by atoms with Crippen molar-refractivity contribution in [3.63, 3.8) is 0 Å². The maximum absolute atomic E-state index is 12.9. The van der Waals surface area contributed by atoms with E-state index in [9.17, 15) is 9.59 Å². The highest BCUT2D eigenvalue weighted by molar-refractivity contribution is 5.81. The molecule has 28 heavy (non-hydrogen) atoms. The van der Waals surface area contributed by atoms with E-state index in [-0.39, 0.29) is 29.8 Å². The average Bonchev–Trinajstić information content (AvgIpc) is 2.68. The van der Waals surface area contributed by atoms with Gasteiger partial charge < -0.3 is 15.0 Å². The molecule has 2 heterocycles. The van der Waals surface area contributed by atoms with Crippen molar-refractivity contribution < 1.29 is 14.3 Å². The molecule has 3 amide bonds. The van der Waals surface area contributed by atoms with Crippen molar-refractivity contribution in [2.24, 2.45) is 5.92 Å². The molecule has 0 radical (unpaired) electrons. The van der Waals surface area contributed by atoms with Crippen LogP contribution in [0.15, 0.2) is 24.3 Å². The lowest BCUT2D eigenvalue weighted by atomic mass is 9.84. The Morgan fingerprint density at radius 2 is 1.93 bits per heavy atom. The molecule has 2 aliphatic rings. The number of carbonyl (C=O) groups is 2. The molecule has 2 fully saturated rings. The van der Waals surface area contributed by atoms with Crippen molar-refractivity contribution in [3.05, 3.63) is 35.4 Å². The molecule has 2 N–H and O–H groups in total. The van der Waals surface area contributed by atoms with Gasteiger partial charge in [-0.05, 0) is 32.8 Å². The second kappa shape index (κ2) is 9.39. The van der Waals surface area contributed by atoms with Crippen LogP contribution in [0.4, 0.5) is 4.79 Å². The van der Waals surface area contributed by atoms with Crippen LogP contribution in [0.2, 0.25) is 0 Å². The number of hydrogen-bond acceptors (Lipinski definition) is 4. The summed E-state index contributed by atoms with van der Waals surface area (Å²) >= 11 is 0. The highest BCUT2D eigenvalue weighted by atomic mass is 16.5. The van der Waals surface area contributed by atoms with E-state index in [0.29, 0.717) is 39.4 Å². The zero-order valence-corrected chi connectivity index (χ0v) is 17.1. The number of piperidine rings is 1. The topological polar surface area (TPSA) is 73.9 Å². The molecule has 2 atom stereocenters. The van der Waals surface area contributed by atoms with Crippen molar-refractivity contribution in [1.82, 2.24) is 20.7 Å². The number of morpholine rings is 1. The standard InChI is InChI=1S/C21H32N4O3/c1-15(2)22-21(27)24-13-18(17-6-4-5-16(3)11-17)12-19(14-24)20(26)23-25-7-9-28-10-8-25/h4-6,11,15,18-19H,7-10,12-14H2,1-3H3,(H,22,27)(H,23,26). The Balaban J connectivity index is 1.74. The number of ether oxygens (including phenoxy) is 1. The lowest BCUT2D eigenvalue weighted by Gasteiger charge is -2.38. The van der Waals surface area contributed by atoms with Crippen LogP contribution in [-0.2, 0) is 9.53 Å². The van der Waals surface area contributed by atoms with Crippen molar-refractivity contribution in [2.45, 2.75) is 39.2 Å². The van der Waals surface area contributed by atoms with Gasteiger partial charge in [-0.1, -0.05) is 29.8 Å². The highest BCUT2D eigenvalue weighted by Gasteiger charge is 2.35. The van der Waals surface area contributed by atoms with Crippen LogP contribution in [0.5, 0.6) is 0 Å². The third-order valence-electron chi connectivity index (χ3n) is 5.31. The quantitative estimate of drug-likeness (QED) is 0.826. The fourth-order valence-electron chi connectivity index (χ4n) is 3.88. The Bertz CT molecular complexity index is 688. The van der Waals surface area contributed by atoms with E-state index in [2.05, 4.69) is 35.9 Å². The number of aryl methyl sites for hydroxylation is 1. The van der Waals surface area contributed by atoms with Gasteiger partial charge in [0.2, 0.25) is 5.91 Å². The van der Waals surface area contributed by atoms with E-state index in [1.807, 2.05) is 24.9 Å². The predicted molar refractivity (Wildman–Crippen MR) is 108 cm³/mol. The lowest BCUT2D eigenvalue weighted by molar-refractivity contribution is -0.133. The number of urea groups is 1. The summed E-state index contributed by atoms with van der Waals surface area (Å²) in [5.41, 5.74) is 5.40. The van der Waals surface area contributed by atoms with Crippen molar-refractivity contribution in [3.8, 4) is 0 Å². The number of amides is 3. The van der Waals surface area contributed by atoms with Crippen molar-refractivity contribution >= 4 is 11.9 Å². The summed E-state index contributed by atoms with van der Waals surface area (Å²) in [5, 5.41) is 4.88. The van der Waals surface area contributed by atoms with E-state index in [1.165, 1.54) is 11.1 Å². The third-order valence-corrected chi connectivity index (χ3v) is 5.31. The fourth-order valence-corrected chi connectivity index (χ4v) is 3.88. The normalized spacial score (nSPS) is 23.5. The summed E-state index contributed by atoms with van der Waals surface area (Å²) < 4.78 is 5.34. The lowest BCUT2D eigenvalue weighted by Crippen LogP contribution is -2.55. The van der Waals surface area contributed by atoms with Gasteiger partial charge in [-0.3, -0.25) is 10.2 Å². The van der Waals surface area contributed by atoms with Gasteiger partial charge in [0.25, 0.3) is 0 Å². The number of nitrogens with zero attached hydrogens (tertiary/aromatic N) is 2. The van der Waals surface area contributed by atoms with Crippen LogP contribution in [0.25, 0.3) is 0 Å². The van der Waals surface area contributed by atoms with E-state index in [4.69, 9.17) is 4.74 Å². The molecule has 0 spiro atoms. The third kappa shape index (κ3) is 5.45. The summed E-state index contributed by atoms with van der Waals surface area (Å²) in [7, 11) is 0. The molecule has 2 aliphatic heterocycles. The van der Waals surface area contributed by atoms with Crippen LogP contribution in [0.3, 0.4) is 0 Å². The molecular weight excluding hydrogens is 356 g/mol. The number of rotatable bonds is 4. The molecule has 2 unspecified atom stereocenters. The van der Waals surface area contributed by atoms with Crippen LogP contribution in [0.1, 0.15) is 37.3 Å². The number of nitrogens with one attached hydrogen (secondary N) is 2. The van der Waals surface area contributed by atoms with Gasteiger partial charge in [0.05, 0.1) is 19.1 Å². The molecule has 1 aromatic rings. The second-order valence-electron chi connectivity index (χ2n) is 8.13. The van der Waals surface area contributed by atoms with E-state index in [1.54, 1.807) is 4.90 Å². The Hall–Kier alpha value is -2.12. The van der Waals surface area contributed by atoms with Gasteiger partial charge in [-0.25, -0.2) is 9.80 Å². The van der Waals surface area contributed by atoms with Gasteiger partial charge in [0.15, 0.2) is 0 Å². The SMILES string of the molecule is Cc1cccc(C2CC(C(=O)NN3CCOCC3)CN(C(=O)NC(C)C)C2)c1. The van der Waals surface area contributed by atoms with Gasteiger partial charge >= 0.3 is 6.03 Å². The Morgan fingerprint density at radius 3 is 2.61 bits per heavy atom. The first-order valence-electron chi connectivity index (χ1n) is 10.2. The molecule has 0 aliphatic carbocycles. The molecule has 7 nitrogen and oxygen atoms in total. The van der Waals surface area contributed by atoms with Gasteiger partial charge in [0.1, 0.15) is 0 Å². The molecule has 0 bridgehead atoms. The molecule has 3 rings (SSSR count). The average molecular weight is 389 g/mol. The number of hydrazine groups is 1. The molecule has 1 aromatic carbocycles. The molecule has 0 aromatic heterocycles. The minimum atomic E-state index is -0.236. The Morgan fingerprint density at radius 1 is 1.18 bits per heavy atom. The fraction of sp³-hybridized carbons (Fsp3) is 0.619. The largest absolute Gasteiger partial charge is 0.379 e. The minimum Gasteiger partial charge on any atom is -0.379 e. The zero-order chi connectivity index (χ0) is 20.1. The van der Waals surface area contributed by atoms with Gasteiger partial charge in [0, 0.05) is 38.1 Å². The van der Waals surface area contributed by atoms with E-state index < -0.39 is 0 Å². The first-order chi connectivity index (χ1) is 13.4. The number of likely N-dealkylation sites (tertiary alicyclic amines) is 1. The highest BCUT2D eigenvalue weighted by Crippen LogP contribution is 2.31. The molecule has 2 saturated heterocycles. The molecule has 154 valence electrons. The van der Waals surface area contributed by atoms with Crippen LogP contribution in [0, 0.1) is 12.8 Å². The first-order valence-corrected chi connectivity index (χ1v) is 10.2. The minimum absolute atomic E-state index is 0.0124. The predicted octanol–water partition coefficient (Wildman–Crippen LogP) is 1.88.